The van der Waals surface area contributed by atoms with E-state index in [4.69, 9.17) is 28.9 Å². The van der Waals surface area contributed by atoms with Crippen LogP contribution >= 0.6 is 45.9 Å². The van der Waals surface area contributed by atoms with Crippen LogP contribution in [0.2, 0.25) is 10.0 Å². The molecule has 1 aliphatic carbocycles. The predicted octanol–water partition coefficient (Wildman–Crippen LogP) is 5.75. The zero-order valence-corrected chi connectivity index (χ0v) is 17.5. The van der Waals surface area contributed by atoms with E-state index in [-0.39, 0.29) is 5.91 Å². The Labute approximate surface area is 174 Å². The van der Waals surface area contributed by atoms with Crippen LogP contribution in [0.25, 0.3) is 10.1 Å². The third-order valence-electron chi connectivity index (χ3n) is 4.80. The quantitative estimate of drug-likeness (QED) is 0.546. The number of hydrogen-bond acceptors (Lipinski definition) is 4. The first-order valence-corrected chi connectivity index (χ1v) is 10.9. The summed E-state index contributed by atoms with van der Waals surface area (Å²) in [5.41, 5.74) is 7.03. The molecule has 4 rings (SSSR count). The van der Waals surface area contributed by atoms with E-state index in [9.17, 15) is 9.59 Å². The highest BCUT2D eigenvalue weighted by Crippen LogP contribution is 2.42. The summed E-state index contributed by atoms with van der Waals surface area (Å²) < 4.78 is 0.840. The van der Waals surface area contributed by atoms with Gasteiger partial charge in [-0.15, -0.1) is 22.7 Å². The van der Waals surface area contributed by atoms with Gasteiger partial charge in [-0.3, -0.25) is 9.59 Å². The second-order valence-corrected chi connectivity index (χ2v) is 9.67. The SMILES string of the molecule is C[C@H]1CCc2c(sc(NC(=O)c3sc4cccc(Cl)c4c3Cl)c2C(N)=O)C1. The lowest BCUT2D eigenvalue weighted by Gasteiger charge is -2.18. The largest absolute Gasteiger partial charge is 0.365 e. The molecule has 0 aliphatic heterocycles. The number of nitrogens with two attached hydrogens (primary N) is 1. The van der Waals surface area contributed by atoms with Gasteiger partial charge in [0.2, 0.25) is 0 Å². The number of anilines is 1. The predicted molar refractivity (Wildman–Crippen MR) is 114 cm³/mol. The molecule has 2 aromatic heterocycles. The Balaban J connectivity index is 1.73. The summed E-state index contributed by atoms with van der Waals surface area (Å²) in [7, 11) is 0. The molecule has 2 heterocycles. The van der Waals surface area contributed by atoms with E-state index >= 15 is 0 Å². The van der Waals surface area contributed by atoms with Crippen molar-refractivity contribution < 1.29 is 9.59 Å². The smallest absolute Gasteiger partial charge is 0.267 e. The van der Waals surface area contributed by atoms with Gasteiger partial charge in [-0.1, -0.05) is 36.2 Å². The highest BCUT2D eigenvalue weighted by Gasteiger charge is 2.28. The van der Waals surface area contributed by atoms with Gasteiger partial charge in [-0.25, -0.2) is 0 Å². The molecular formula is C19H16Cl2N2O2S2. The number of carbonyl (C=O) groups is 2. The molecular weight excluding hydrogens is 423 g/mol. The van der Waals surface area contributed by atoms with Crippen molar-refractivity contribution in [3.05, 3.63) is 49.1 Å². The first kappa shape index (κ1) is 18.7. The third-order valence-corrected chi connectivity index (χ3v) is 7.93. The molecule has 27 heavy (non-hydrogen) atoms. The number of primary amides is 1. The first-order chi connectivity index (χ1) is 12.9. The molecule has 8 heteroatoms. The minimum Gasteiger partial charge on any atom is -0.365 e. The number of thiophene rings is 2. The van der Waals surface area contributed by atoms with Crippen LogP contribution in [0.4, 0.5) is 5.00 Å². The number of amides is 2. The van der Waals surface area contributed by atoms with E-state index in [1.165, 1.54) is 22.7 Å². The maximum Gasteiger partial charge on any atom is 0.267 e. The Morgan fingerprint density at radius 2 is 2.04 bits per heavy atom. The van der Waals surface area contributed by atoms with Crippen LogP contribution in [-0.4, -0.2) is 11.8 Å². The van der Waals surface area contributed by atoms with Crippen LogP contribution in [0.5, 0.6) is 0 Å². The maximum absolute atomic E-state index is 12.9. The van der Waals surface area contributed by atoms with Crippen molar-refractivity contribution in [2.45, 2.75) is 26.2 Å². The van der Waals surface area contributed by atoms with Gasteiger partial charge in [0, 0.05) is 15.0 Å². The average molecular weight is 439 g/mol. The van der Waals surface area contributed by atoms with Crippen molar-refractivity contribution in [2.75, 3.05) is 5.32 Å². The zero-order chi connectivity index (χ0) is 19.3. The van der Waals surface area contributed by atoms with Gasteiger partial charge in [0.15, 0.2) is 0 Å². The fourth-order valence-corrected chi connectivity index (χ4v) is 6.74. The molecule has 2 amide bonds. The summed E-state index contributed by atoms with van der Waals surface area (Å²) in [6.07, 6.45) is 2.72. The van der Waals surface area contributed by atoms with Crippen molar-refractivity contribution in [2.24, 2.45) is 11.7 Å². The molecule has 140 valence electrons. The summed E-state index contributed by atoms with van der Waals surface area (Å²) in [5.74, 6) is -0.311. The Morgan fingerprint density at radius 3 is 2.74 bits per heavy atom. The van der Waals surface area contributed by atoms with Crippen molar-refractivity contribution >= 4 is 72.8 Å². The van der Waals surface area contributed by atoms with Gasteiger partial charge in [0.05, 0.1) is 15.6 Å². The van der Waals surface area contributed by atoms with Crippen LogP contribution in [0.15, 0.2) is 18.2 Å². The molecule has 0 saturated heterocycles. The first-order valence-electron chi connectivity index (χ1n) is 8.49. The number of rotatable bonds is 3. The summed E-state index contributed by atoms with van der Waals surface area (Å²) in [4.78, 5) is 26.4. The van der Waals surface area contributed by atoms with Gasteiger partial charge in [0.1, 0.15) is 9.88 Å². The van der Waals surface area contributed by atoms with E-state index in [2.05, 4.69) is 12.2 Å². The topological polar surface area (TPSA) is 72.2 Å². The maximum atomic E-state index is 12.9. The molecule has 0 fully saturated rings. The van der Waals surface area contributed by atoms with Crippen LogP contribution in [-0.2, 0) is 12.8 Å². The summed E-state index contributed by atoms with van der Waals surface area (Å²) in [6, 6.07) is 5.43. The number of halogens is 2. The molecule has 3 N–H and O–H groups in total. The minimum atomic E-state index is -0.511. The van der Waals surface area contributed by atoms with E-state index in [1.54, 1.807) is 6.07 Å². The number of carbonyl (C=O) groups excluding carboxylic acids is 2. The van der Waals surface area contributed by atoms with Crippen LogP contribution in [0.1, 0.15) is 43.8 Å². The van der Waals surface area contributed by atoms with Crippen molar-refractivity contribution in [3.63, 3.8) is 0 Å². The van der Waals surface area contributed by atoms with Gasteiger partial charge in [0.25, 0.3) is 11.8 Å². The summed E-state index contributed by atoms with van der Waals surface area (Å²) in [5, 5.41) is 4.87. The molecule has 3 aromatic rings. The highest BCUT2D eigenvalue weighted by atomic mass is 35.5. The van der Waals surface area contributed by atoms with Gasteiger partial charge in [-0.05, 0) is 42.9 Å². The van der Waals surface area contributed by atoms with Gasteiger partial charge >= 0.3 is 0 Å². The standard InChI is InChI=1S/C19H16Cl2N2O2S2/c1-8-5-6-9-12(7-8)27-19(13(9)17(22)24)23-18(25)16-15(21)14-10(20)3-2-4-11(14)26-16/h2-4,8H,5-7H2,1H3,(H2,22,24)(H,23,25)/t8-/m0/s1. The lowest BCUT2D eigenvalue weighted by atomic mass is 9.88. The summed E-state index contributed by atoms with van der Waals surface area (Å²) >= 11 is 15.4. The van der Waals surface area contributed by atoms with Gasteiger partial charge < -0.3 is 11.1 Å². The fourth-order valence-electron chi connectivity index (χ4n) is 3.48. The van der Waals surface area contributed by atoms with Crippen molar-refractivity contribution in [3.8, 4) is 0 Å². The monoisotopic (exact) mass is 438 g/mol. The molecule has 4 nitrogen and oxygen atoms in total. The molecule has 0 unspecified atom stereocenters. The van der Waals surface area contributed by atoms with E-state index in [0.717, 1.165) is 34.4 Å². The van der Waals surface area contributed by atoms with Crippen LogP contribution < -0.4 is 11.1 Å². The molecule has 0 bridgehead atoms. The lowest BCUT2D eigenvalue weighted by molar-refractivity contribution is 0.1000. The van der Waals surface area contributed by atoms with E-state index in [0.29, 0.717) is 36.8 Å². The highest BCUT2D eigenvalue weighted by molar-refractivity contribution is 7.22. The van der Waals surface area contributed by atoms with Crippen LogP contribution in [0, 0.1) is 5.92 Å². The average Bonchev–Trinajstić information content (AvgIpc) is 3.12. The Morgan fingerprint density at radius 1 is 1.26 bits per heavy atom. The number of benzene rings is 1. The van der Waals surface area contributed by atoms with E-state index in [1.807, 2.05) is 12.1 Å². The molecule has 0 radical (unpaired) electrons. The second-order valence-electron chi connectivity index (χ2n) is 6.73. The molecule has 1 atom stereocenters. The summed E-state index contributed by atoms with van der Waals surface area (Å²) in [6.45, 7) is 2.19. The minimum absolute atomic E-state index is 0.327. The molecule has 1 aromatic carbocycles. The van der Waals surface area contributed by atoms with E-state index < -0.39 is 5.91 Å². The Kier molecular flexibility index (Phi) is 4.93. The third kappa shape index (κ3) is 3.25. The number of nitrogens with one attached hydrogen (secondary N) is 1. The Hall–Kier alpha value is -1.60. The Bertz CT molecular complexity index is 1090. The van der Waals surface area contributed by atoms with Crippen molar-refractivity contribution in [1.29, 1.82) is 0 Å². The number of fused-ring (bicyclic) bond motifs is 2. The molecule has 1 aliphatic rings. The fraction of sp³-hybridized carbons (Fsp3) is 0.263. The number of hydrogen-bond donors (Lipinski definition) is 2. The lowest BCUT2D eigenvalue weighted by Crippen LogP contribution is -2.19. The molecule has 0 saturated carbocycles. The van der Waals surface area contributed by atoms with Crippen LogP contribution in [0.3, 0.4) is 0 Å². The zero-order valence-electron chi connectivity index (χ0n) is 14.4. The van der Waals surface area contributed by atoms with Crippen molar-refractivity contribution in [1.82, 2.24) is 0 Å². The normalized spacial score (nSPS) is 16.3. The molecule has 0 spiro atoms. The second kappa shape index (κ2) is 7.09. The van der Waals surface area contributed by atoms with Gasteiger partial charge in [-0.2, -0.15) is 0 Å².